The number of hydrogen-bond donors (Lipinski definition) is 2. The molecular weight excluding hydrogens is 214 g/mol. The predicted molar refractivity (Wildman–Crippen MR) is 65.4 cm³/mol. The van der Waals surface area contributed by atoms with Crippen molar-refractivity contribution < 1.29 is 0 Å². The number of rotatable bonds is 2. The highest BCUT2D eigenvalue weighted by molar-refractivity contribution is 5.41. The zero-order valence-corrected chi connectivity index (χ0v) is 9.30. The van der Waals surface area contributed by atoms with E-state index in [1.807, 2.05) is 0 Å². The van der Waals surface area contributed by atoms with Gasteiger partial charge in [-0.05, 0) is 24.0 Å². The van der Waals surface area contributed by atoms with E-state index in [0.717, 1.165) is 12.8 Å². The minimum Gasteiger partial charge on any atom is -0.368 e. The second-order valence-corrected chi connectivity index (χ2v) is 4.10. The SMILES string of the molecule is Nc1ncnc(N[C@@H]2CCc3ccccc32)n1. The summed E-state index contributed by atoms with van der Waals surface area (Å²) >= 11 is 0. The Morgan fingerprint density at radius 3 is 3.00 bits per heavy atom. The van der Waals surface area contributed by atoms with Gasteiger partial charge >= 0.3 is 0 Å². The second-order valence-electron chi connectivity index (χ2n) is 4.10. The lowest BCUT2D eigenvalue weighted by Crippen LogP contribution is -2.11. The molecule has 0 saturated carbocycles. The van der Waals surface area contributed by atoms with Gasteiger partial charge in [0.15, 0.2) is 0 Å². The number of benzene rings is 1. The smallest absolute Gasteiger partial charge is 0.227 e. The van der Waals surface area contributed by atoms with Gasteiger partial charge in [-0.1, -0.05) is 24.3 Å². The van der Waals surface area contributed by atoms with Crippen LogP contribution in [-0.4, -0.2) is 15.0 Å². The lowest BCUT2D eigenvalue weighted by molar-refractivity contribution is 0.749. The molecule has 1 aromatic carbocycles. The molecule has 0 bridgehead atoms. The van der Waals surface area contributed by atoms with E-state index in [9.17, 15) is 0 Å². The van der Waals surface area contributed by atoms with Crippen LogP contribution in [0.4, 0.5) is 11.9 Å². The van der Waals surface area contributed by atoms with Gasteiger partial charge < -0.3 is 11.1 Å². The number of anilines is 2. The number of nitrogen functional groups attached to an aromatic ring is 1. The molecule has 0 unspecified atom stereocenters. The summed E-state index contributed by atoms with van der Waals surface area (Å²) in [5.74, 6) is 0.785. The van der Waals surface area contributed by atoms with Crippen molar-refractivity contribution in [2.75, 3.05) is 11.1 Å². The number of hydrogen-bond acceptors (Lipinski definition) is 5. The van der Waals surface area contributed by atoms with Crippen LogP contribution in [0.25, 0.3) is 0 Å². The van der Waals surface area contributed by atoms with E-state index in [4.69, 9.17) is 5.73 Å². The van der Waals surface area contributed by atoms with Crippen molar-refractivity contribution in [1.29, 1.82) is 0 Å². The number of nitrogens with one attached hydrogen (secondary N) is 1. The Kier molecular flexibility index (Phi) is 2.36. The molecule has 5 heteroatoms. The van der Waals surface area contributed by atoms with Gasteiger partial charge in [0.25, 0.3) is 0 Å². The van der Waals surface area contributed by atoms with Crippen molar-refractivity contribution in [3.05, 3.63) is 41.7 Å². The summed E-state index contributed by atoms with van der Waals surface area (Å²) in [6, 6.07) is 8.71. The van der Waals surface area contributed by atoms with Crippen LogP contribution in [0, 0.1) is 0 Å². The molecule has 1 aliphatic rings. The zero-order chi connectivity index (χ0) is 11.7. The van der Waals surface area contributed by atoms with E-state index in [1.54, 1.807) is 0 Å². The molecule has 1 heterocycles. The molecule has 17 heavy (non-hydrogen) atoms. The Morgan fingerprint density at radius 2 is 2.12 bits per heavy atom. The first-order chi connectivity index (χ1) is 8.33. The molecule has 0 fully saturated rings. The van der Waals surface area contributed by atoms with E-state index in [0.29, 0.717) is 5.95 Å². The second kappa shape index (κ2) is 4.01. The van der Waals surface area contributed by atoms with Crippen molar-refractivity contribution >= 4 is 11.9 Å². The van der Waals surface area contributed by atoms with E-state index in [-0.39, 0.29) is 12.0 Å². The third-order valence-electron chi connectivity index (χ3n) is 3.03. The number of nitrogens with two attached hydrogens (primary N) is 1. The van der Waals surface area contributed by atoms with Gasteiger partial charge in [0.05, 0.1) is 6.04 Å². The minimum absolute atomic E-state index is 0.244. The normalized spacial score (nSPS) is 17.8. The first-order valence-electron chi connectivity index (χ1n) is 5.62. The summed E-state index contributed by atoms with van der Waals surface area (Å²) in [5.41, 5.74) is 8.25. The van der Waals surface area contributed by atoms with Gasteiger partial charge in [-0.15, -0.1) is 0 Å². The molecule has 3 rings (SSSR count). The molecule has 86 valence electrons. The molecule has 0 radical (unpaired) electrons. The van der Waals surface area contributed by atoms with Crippen LogP contribution in [0.15, 0.2) is 30.6 Å². The highest BCUT2D eigenvalue weighted by Crippen LogP contribution is 2.32. The number of nitrogens with zero attached hydrogens (tertiary/aromatic N) is 3. The molecule has 1 aromatic heterocycles. The zero-order valence-electron chi connectivity index (χ0n) is 9.30. The lowest BCUT2D eigenvalue weighted by atomic mass is 10.1. The average Bonchev–Trinajstić information content (AvgIpc) is 2.73. The van der Waals surface area contributed by atoms with E-state index >= 15 is 0 Å². The van der Waals surface area contributed by atoms with Gasteiger partial charge in [0.2, 0.25) is 11.9 Å². The van der Waals surface area contributed by atoms with E-state index in [1.165, 1.54) is 17.5 Å². The van der Waals surface area contributed by atoms with Crippen molar-refractivity contribution in [3.63, 3.8) is 0 Å². The van der Waals surface area contributed by atoms with Crippen LogP contribution in [-0.2, 0) is 6.42 Å². The first kappa shape index (κ1) is 10.0. The average molecular weight is 227 g/mol. The van der Waals surface area contributed by atoms with Crippen LogP contribution in [0.3, 0.4) is 0 Å². The van der Waals surface area contributed by atoms with Crippen molar-refractivity contribution in [3.8, 4) is 0 Å². The van der Waals surface area contributed by atoms with Crippen molar-refractivity contribution in [2.24, 2.45) is 0 Å². The maximum atomic E-state index is 5.53. The lowest BCUT2D eigenvalue weighted by Gasteiger charge is -2.13. The Bertz CT molecular complexity index is 540. The maximum Gasteiger partial charge on any atom is 0.227 e. The minimum atomic E-state index is 0.244. The number of aromatic nitrogens is 3. The molecule has 0 aliphatic heterocycles. The van der Waals surface area contributed by atoms with Crippen LogP contribution in [0.1, 0.15) is 23.6 Å². The fraction of sp³-hybridized carbons (Fsp3) is 0.250. The van der Waals surface area contributed by atoms with Gasteiger partial charge in [0, 0.05) is 0 Å². The van der Waals surface area contributed by atoms with Crippen molar-refractivity contribution in [1.82, 2.24) is 15.0 Å². The summed E-state index contributed by atoms with van der Waals surface area (Å²) in [7, 11) is 0. The predicted octanol–water partition coefficient (Wildman–Crippen LogP) is 1.55. The number of aryl methyl sites for hydroxylation is 1. The molecule has 0 amide bonds. The highest BCUT2D eigenvalue weighted by Gasteiger charge is 2.22. The van der Waals surface area contributed by atoms with Crippen molar-refractivity contribution in [2.45, 2.75) is 18.9 Å². The monoisotopic (exact) mass is 227 g/mol. The van der Waals surface area contributed by atoms with E-state index < -0.39 is 0 Å². The molecule has 0 saturated heterocycles. The molecular formula is C12H13N5. The fourth-order valence-corrected chi connectivity index (χ4v) is 2.24. The maximum absolute atomic E-state index is 5.53. The summed E-state index contributed by atoms with van der Waals surface area (Å²) in [5, 5.41) is 3.30. The van der Waals surface area contributed by atoms with E-state index in [2.05, 4.69) is 44.5 Å². The third kappa shape index (κ3) is 1.91. The standard InChI is InChI=1S/C12H13N5/c13-11-14-7-15-12(17-11)16-10-6-5-8-3-1-2-4-9(8)10/h1-4,7,10H,5-6H2,(H3,13,14,15,16,17)/t10-/m1/s1. The molecule has 5 nitrogen and oxygen atoms in total. The Hall–Kier alpha value is -2.17. The molecule has 1 atom stereocenters. The Balaban J connectivity index is 1.84. The summed E-state index contributed by atoms with van der Waals surface area (Å²) < 4.78 is 0. The first-order valence-corrected chi connectivity index (χ1v) is 5.62. The fourth-order valence-electron chi connectivity index (χ4n) is 2.24. The Morgan fingerprint density at radius 1 is 1.24 bits per heavy atom. The number of fused-ring (bicyclic) bond motifs is 1. The van der Waals surface area contributed by atoms with Gasteiger partial charge in [-0.2, -0.15) is 4.98 Å². The molecule has 1 aliphatic carbocycles. The summed E-state index contributed by atoms with van der Waals surface area (Å²) in [4.78, 5) is 11.9. The van der Waals surface area contributed by atoms with Crippen LogP contribution >= 0.6 is 0 Å². The molecule has 3 N–H and O–H groups in total. The summed E-state index contributed by atoms with van der Waals surface area (Å²) in [6.07, 6.45) is 3.57. The Labute approximate surface area is 99.1 Å². The summed E-state index contributed by atoms with van der Waals surface area (Å²) in [6.45, 7) is 0. The van der Waals surface area contributed by atoms with Crippen LogP contribution in [0.5, 0.6) is 0 Å². The largest absolute Gasteiger partial charge is 0.368 e. The molecule has 2 aromatic rings. The van der Waals surface area contributed by atoms with Gasteiger partial charge in [-0.3, -0.25) is 0 Å². The molecule has 0 spiro atoms. The van der Waals surface area contributed by atoms with Crippen LogP contribution < -0.4 is 11.1 Å². The van der Waals surface area contributed by atoms with Gasteiger partial charge in [0.1, 0.15) is 6.33 Å². The third-order valence-corrected chi connectivity index (χ3v) is 3.03. The van der Waals surface area contributed by atoms with Crippen LogP contribution in [0.2, 0.25) is 0 Å². The quantitative estimate of drug-likeness (QED) is 0.814. The van der Waals surface area contributed by atoms with Gasteiger partial charge in [-0.25, -0.2) is 9.97 Å². The highest BCUT2D eigenvalue weighted by atomic mass is 15.2. The topological polar surface area (TPSA) is 76.7 Å².